The number of nitrogens with one attached hydrogen (secondary N) is 1. The summed E-state index contributed by atoms with van der Waals surface area (Å²) in [4.78, 5) is 28.7. The zero-order valence-corrected chi connectivity index (χ0v) is 17.9. The van der Waals surface area contributed by atoms with Crippen molar-refractivity contribution in [3.8, 4) is 0 Å². The number of pyridine rings is 1. The van der Waals surface area contributed by atoms with Crippen LogP contribution in [0.4, 0.5) is 0 Å². The molecule has 0 bridgehead atoms. The van der Waals surface area contributed by atoms with Crippen LogP contribution in [0.1, 0.15) is 40.4 Å². The van der Waals surface area contributed by atoms with Crippen LogP contribution in [0.25, 0.3) is 21.8 Å². The van der Waals surface area contributed by atoms with E-state index < -0.39 is 5.91 Å². The van der Waals surface area contributed by atoms with E-state index in [-0.39, 0.29) is 43.0 Å². The van der Waals surface area contributed by atoms with Gasteiger partial charge in [0.25, 0.3) is 0 Å². The molecular weight excluding hydrogens is 395 g/mol. The monoisotopic (exact) mass is 416 g/mol. The number of benzene rings is 2. The Morgan fingerprint density at radius 2 is 1.87 bits per heavy atom. The van der Waals surface area contributed by atoms with Crippen LogP contribution in [0, 0.1) is 0 Å². The van der Waals surface area contributed by atoms with E-state index in [0.29, 0.717) is 28.8 Å². The quantitative estimate of drug-likeness (QED) is 0.576. The van der Waals surface area contributed by atoms with Crippen LogP contribution in [-0.4, -0.2) is 22.6 Å². The number of allylic oxidation sites excluding steroid dienone is 1. The molecule has 7 heteroatoms. The number of halogens is 1. The second-order valence-corrected chi connectivity index (χ2v) is 7.39. The first kappa shape index (κ1) is 24.0. The van der Waals surface area contributed by atoms with Gasteiger partial charge in [-0.25, -0.2) is 0 Å². The van der Waals surface area contributed by atoms with Gasteiger partial charge in [0.15, 0.2) is 5.43 Å². The minimum absolute atomic E-state index is 0. The summed E-state index contributed by atoms with van der Waals surface area (Å²) in [6.07, 6.45) is 2.64. The summed E-state index contributed by atoms with van der Waals surface area (Å²) >= 11 is 5.86. The number of carbonyl (C=O) groups is 1. The van der Waals surface area contributed by atoms with Crippen molar-refractivity contribution in [2.24, 2.45) is 0 Å². The number of amides is 1. The van der Waals surface area contributed by atoms with Gasteiger partial charge in [0, 0.05) is 28.8 Å². The maximum Gasteiger partial charge on any atom is 1.00 e. The van der Waals surface area contributed by atoms with Crippen molar-refractivity contribution in [2.75, 3.05) is 6.61 Å². The SMILES string of the molecule is C=C(C)c1cc(CCCO)cc2c(=O)c(C(=O)[N-]Cc3ccc(Cl)cc3)c[nH]c12.[Li+]. The third-order valence-corrected chi connectivity index (χ3v) is 4.93. The zero-order valence-electron chi connectivity index (χ0n) is 17.2. The Hall–Kier alpha value is -2.29. The molecule has 150 valence electrons. The van der Waals surface area contributed by atoms with Crippen LogP contribution in [0.2, 0.25) is 5.02 Å². The van der Waals surface area contributed by atoms with Crippen molar-refractivity contribution in [2.45, 2.75) is 26.3 Å². The summed E-state index contributed by atoms with van der Waals surface area (Å²) in [6, 6.07) is 10.8. The van der Waals surface area contributed by atoms with Crippen LogP contribution in [0.15, 0.2) is 54.0 Å². The van der Waals surface area contributed by atoms with E-state index in [4.69, 9.17) is 16.7 Å². The molecule has 5 nitrogen and oxygen atoms in total. The first-order valence-corrected chi connectivity index (χ1v) is 9.70. The summed E-state index contributed by atoms with van der Waals surface area (Å²) in [7, 11) is 0. The second kappa shape index (κ2) is 10.7. The minimum Gasteiger partial charge on any atom is -0.645 e. The number of aryl methyl sites for hydroxylation is 1. The van der Waals surface area contributed by atoms with Crippen LogP contribution in [0.3, 0.4) is 0 Å². The number of hydrogen-bond donors (Lipinski definition) is 2. The van der Waals surface area contributed by atoms with Gasteiger partial charge >= 0.3 is 18.9 Å². The largest absolute Gasteiger partial charge is 1.00 e. The standard InChI is InChI=1S/C23H23ClN2O3.Li/c1-14(2)18-10-16(4-3-9-27)11-19-21(18)25-13-20(22(19)28)23(29)26-12-15-5-7-17(24)8-6-15;/h5-8,10-11,13,27H,1,3-4,9,12H2,2H3,(H2,25,26,28,29);/q;+1/p-1. The predicted octanol–water partition coefficient (Wildman–Crippen LogP) is 1.86. The molecule has 0 unspecified atom stereocenters. The Kier molecular flexibility index (Phi) is 8.51. The fourth-order valence-corrected chi connectivity index (χ4v) is 3.28. The number of rotatable bonds is 7. The topological polar surface area (TPSA) is 84.3 Å². The van der Waals surface area contributed by atoms with Gasteiger partial charge in [-0.15, -0.1) is 6.54 Å². The third-order valence-electron chi connectivity index (χ3n) is 4.68. The van der Waals surface area contributed by atoms with Gasteiger partial charge in [-0.05, 0) is 55.2 Å². The van der Waals surface area contributed by atoms with Crippen LogP contribution in [0.5, 0.6) is 0 Å². The molecule has 30 heavy (non-hydrogen) atoms. The minimum atomic E-state index is -0.569. The molecule has 3 aromatic rings. The Morgan fingerprint density at radius 3 is 2.50 bits per heavy atom. The number of aromatic nitrogens is 1. The maximum atomic E-state index is 13.0. The van der Waals surface area contributed by atoms with Crippen molar-refractivity contribution in [3.05, 3.63) is 92.0 Å². The summed E-state index contributed by atoms with van der Waals surface area (Å²) in [5.74, 6) is -0.569. The molecular formula is C23H22ClLiN2O3. The van der Waals surface area contributed by atoms with Crippen molar-refractivity contribution >= 4 is 34.0 Å². The molecule has 1 amide bonds. The van der Waals surface area contributed by atoms with E-state index in [1.54, 1.807) is 30.3 Å². The second-order valence-electron chi connectivity index (χ2n) is 6.95. The number of nitrogens with zero attached hydrogens (tertiary/aromatic N) is 1. The summed E-state index contributed by atoms with van der Waals surface area (Å²) in [5, 5.41) is 14.2. The van der Waals surface area contributed by atoms with E-state index in [1.807, 2.05) is 13.0 Å². The molecule has 0 radical (unpaired) electrons. The molecule has 0 spiro atoms. The number of carbonyl (C=O) groups excluding carboxylic acids is 1. The van der Waals surface area contributed by atoms with E-state index in [0.717, 1.165) is 22.3 Å². The van der Waals surface area contributed by atoms with Crippen LogP contribution >= 0.6 is 11.6 Å². The average Bonchev–Trinajstić information content (AvgIpc) is 2.71. The Balaban J connectivity index is 0.00000320. The molecule has 0 saturated carbocycles. The normalized spacial score (nSPS) is 10.5. The fraction of sp³-hybridized carbons (Fsp3) is 0.217. The summed E-state index contributed by atoms with van der Waals surface area (Å²) in [6.45, 7) is 6.09. The zero-order chi connectivity index (χ0) is 21.0. The number of aliphatic hydroxyl groups is 1. The van der Waals surface area contributed by atoms with Gasteiger partial charge in [0.1, 0.15) is 0 Å². The number of hydrogen-bond acceptors (Lipinski definition) is 3. The fourth-order valence-electron chi connectivity index (χ4n) is 3.15. The summed E-state index contributed by atoms with van der Waals surface area (Å²) in [5.41, 5.74) is 3.65. The molecule has 1 aromatic heterocycles. The third kappa shape index (κ3) is 5.44. The van der Waals surface area contributed by atoms with Crippen molar-refractivity contribution in [1.82, 2.24) is 4.98 Å². The smallest absolute Gasteiger partial charge is 0.645 e. The van der Waals surface area contributed by atoms with Gasteiger partial charge in [-0.3, -0.25) is 4.79 Å². The van der Waals surface area contributed by atoms with E-state index in [1.165, 1.54) is 6.20 Å². The van der Waals surface area contributed by atoms with Crippen molar-refractivity contribution in [3.63, 3.8) is 0 Å². The Labute approximate surface area is 192 Å². The molecule has 0 aliphatic rings. The first-order valence-electron chi connectivity index (χ1n) is 9.32. The molecule has 0 aliphatic carbocycles. The predicted molar refractivity (Wildman–Crippen MR) is 118 cm³/mol. The molecule has 2 aromatic carbocycles. The average molecular weight is 417 g/mol. The molecule has 2 N–H and O–H groups in total. The number of aliphatic hydroxyl groups excluding tert-OH is 1. The van der Waals surface area contributed by atoms with Gasteiger partial charge < -0.3 is 20.2 Å². The van der Waals surface area contributed by atoms with Crippen LogP contribution < -0.4 is 24.3 Å². The summed E-state index contributed by atoms with van der Waals surface area (Å²) < 4.78 is 0. The van der Waals surface area contributed by atoms with E-state index in [9.17, 15) is 9.59 Å². The number of aromatic amines is 1. The molecule has 0 fully saturated rings. The van der Waals surface area contributed by atoms with E-state index in [2.05, 4.69) is 16.9 Å². The van der Waals surface area contributed by atoms with Crippen molar-refractivity contribution < 1.29 is 28.8 Å². The first-order chi connectivity index (χ1) is 13.9. The molecule has 0 saturated heterocycles. The molecule has 1 heterocycles. The van der Waals surface area contributed by atoms with Gasteiger partial charge in [0.2, 0.25) is 0 Å². The number of H-pyrrole nitrogens is 1. The van der Waals surface area contributed by atoms with Crippen molar-refractivity contribution in [1.29, 1.82) is 0 Å². The molecule has 3 rings (SSSR count). The van der Waals surface area contributed by atoms with Gasteiger partial charge in [0.05, 0.1) is 17.0 Å². The molecule has 0 atom stereocenters. The van der Waals surface area contributed by atoms with E-state index >= 15 is 0 Å². The molecule has 0 aliphatic heterocycles. The maximum absolute atomic E-state index is 13.0. The Bertz CT molecular complexity index is 1120. The van der Waals surface area contributed by atoms with Crippen LogP contribution in [-0.2, 0) is 13.0 Å². The van der Waals surface area contributed by atoms with Gasteiger partial charge in [-0.1, -0.05) is 35.9 Å². The Morgan fingerprint density at radius 1 is 1.17 bits per heavy atom. The number of fused-ring (bicyclic) bond motifs is 1. The van der Waals surface area contributed by atoms with Gasteiger partial charge in [-0.2, -0.15) is 0 Å².